The largest absolute Gasteiger partial charge is 0.356 e. The maximum Gasteiger partial charge on any atom is 0.356 e. The van der Waals surface area contributed by atoms with Crippen molar-refractivity contribution in [2.24, 2.45) is 0 Å². The minimum Gasteiger partial charge on any atom is -0.335 e. The Morgan fingerprint density at radius 1 is 1.23 bits per heavy atom. The van der Waals surface area contributed by atoms with Crippen LogP contribution in [0.5, 0.6) is 0 Å². The molecule has 1 aromatic carbocycles. The molecule has 0 saturated heterocycles. The summed E-state index contributed by atoms with van der Waals surface area (Å²) in [6.07, 6.45) is 2.80. The summed E-state index contributed by atoms with van der Waals surface area (Å²) in [7, 11) is -1.55. The van der Waals surface area contributed by atoms with E-state index in [9.17, 15) is 9.36 Å². The van der Waals surface area contributed by atoms with E-state index in [1.54, 1.807) is 6.08 Å². The van der Waals surface area contributed by atoms with Gasteiger partial charge in [-0.1, -0.05) is 65.1 Å². The van der Waals surface area contributed by atoms with Gasteiger partial charge in [0.05, 0.1) is 0 Å². The van der Waals surface area contributed by atoms with Crippen LogP contribution in [0, 0.1) is 0 Å². The van der Waals surface area contributed by atoms with Gasteiger partial charge in [-0.3, -0.25) is 9.36 Å². The van der Waals surface area contributed by atoms with Gasteiger partial charge >= 0.3 is 7.60 Å². The maximum atomic E-state index is 12.4. The minimum absolute atomic E-state index is 0.602. The van der Waals surface area contributed by atoms with Gasteiger partial charge < -0.3 is 14.4 Å². The first-order valence-electron chi connectivity index (χ1n) is 6.04. The van der Waals surface area contributed by atoms with E-state index in [-0.39, 0.29) is 0 Å². The average molecular weight is 387 g/mol. The van der Waals surface area contributed by atoms with Crippen LogP contribution in [0.2, 0.25) is 0 Å². The number of carbonyl (C=O) groups is 1. The first-order chi connectivity index (χ1) is 10.2. The lowest BCUT2D eigenvalue weighted by Crippen LogP contribution is -2.43. The lowest BCUT2D eigenvalue weighted by Gasteiger charge is -2.29. The van der Waals surface area contributed by atoms with Crippen LogP contribution in [0.25, 0.3) is 6.08 Å². The fraction of sp³-hybridized carbons (Fsp3) is 0.308. The van der Waals surface area contributed by atoms with E-state index < -0.39 is 23.1 Å². The Morgan fingerprint density at radius 3 is 2.23 bits per heavy atom. The molecule has 122 valence electrons. The molecular formula is C13H15Cl3NO4P. The van der Waals surface area contributed by atoms with Crippen molar-refractivity contribution in [3.63, 3.8) is 0 Å². The van der Waals surface area contributed by atoms with Gasteiger partial charge in [-0.15, -0.1) is 0 Å². The Kier molecular flexibility index (Phi) is 7.39. The summed E-state index contributed by atoms with van der Waals surface area (Å²) in [4.78, 5) is 11.9. The van der Waals surface area contributed by atoms with Crippen molar-refractivity contribution in [1.82, 2.24) is 5.32 Å². The van der Waals surface area contributed by atoms with E-state index in [0.29, 0.717) is 0 Å². The Hall–Kier alpha value is -0.550. The van der Waals surface area contributed by atoms with E-state index in [1.165, 1.54) is 6.08 Å². The fourth-order valence-electron chi connectivity index (χ4n) is 1.54. The highest BCUT2D eigenvalue weighted by Crippen LogP contribution is 2.57. The second-order valence-electron chi connectivity index (χ2n) is 4.10. The molecule has 0 fully saturated rings. The molecule has 9 heteroatoms. The molecule has 0 saturated carbocycles. The lowest BCUT2D eigenvalue weighted by atomic mass is 10.2. The number of halogens is 3. The third kappa shape index (κ3) is 5.58. The van der Waals surface area contributed by atoms with E-state index >= 15 is 0 Å². The van der Waals surface area contributed by atoms with Crippen molar-refractivity contribution in [2.75, 3.05) is 14.2 Å². The monoisotopic (exact) mass is 385 g/mol. The van der Waals surface area contributed by atoms with E-state index in [4.69, 9.17) is 43.9 Å². The van der Waals surface area contributed by atoms with Gasteiger partial charge in [0, 0.05) is 20.3 Å². The Balaban J connectivity index is 2.89. The van der Waals surface area contributed by atoms with Gasteiger partial charge in [-0.2, -0.15) is 0 Å². The van der Waals surface area contributed by atoms with Gasteiger partial charge in [-0.05, 0) is 11.6 Å². The highest BCUT2D eigenvalue weighted by atomic mass is 35.6. The molecule has 0 aliphatic carbocycles. The molecule has 1 N–H and O–H groups in total. The van der Waals surface area contributed by atoms with Gasteiger partial charge in [0.15, 0.2) is 5.78 Å². The fourth-order valence-corrected chi connectivity index (χ4v) is 4.00. The molecule has 1 rings (SSSR count). The van der Waals surface area contributed by atoms with Gasteiger partial charge in [-0.25, -0.2) is 0 Å². The summed E-state index contributed by atoms with van der Waals surface area (Å²) >= 11 is 17.3. The molecule has 1 aromatic rings. The molecule has 0 radical (unpaired) electrons. The summed E-state index contributed by atoms with van der Waals surface area (Å²) in [5.74, 6) is -2.05. The topological polar surface area (TPSA) is 64.6 Å². The van der Waals surface area contributed by atoms with Crippen LogP contribution in [-0.4, -0.2) is 29.7 Å². The molecule has 1 amide bonds. The van der Waals surface area contributed by atoms with Gasteiger partial charge in [0.2, 0.25) is 9.70 Å². The Morgan fingerprint density at radius 2 is 1.77 bits per heavy atom. The zero-order chi connectivity index (χ0) is 16.8. The summed E-state index contributed by atoms with van der Waals surface area (Å²) in [6, 6.07) is 9.12. The van der Waals surface area contributed by atoms with E-state index in [2.05, 4.69) is 5.32 Å². The van der Waals surface area contributed by atoms with Crippen molar-refractivity contribution in [2.45, 2.75) is 9.58 Å². The van der Waals surface area contributed by atoms with Crippen LogP contribution in [0.4, 0.5) is 0 Å². The molecule has 0 unspecified atom stereocenters. The second-order valence-corrected chi connectivity index (χ2v) is 8.80. The highest BCUT2D eigenvalue weighted by Gasteiger charge is 2.48. The summed E-state index contributed by atoms with van der Waals surface area (Å²) in [5, 5.41) is 2.33. The SMILES string of the molecule is COP(=O)(OC)[C@H](NC(=O)/C=C\c1ccccc1)C(Cl)(Cl)Cl. The standard InChI is InChI=1S/C13H15Cl3NO4P/c1-20-22(19,21-2)12(13(14,15)16)17-11(18)9-8-10-6-4-3-5-7-10/h3-9,12H,1-2H3,(H,17,18)/b9-8-/t12-/m0/s1. The number of rotatable bonds is 6. The zero-order valence-corrected chi connectivity index (χ0v) is 15.0. The van der Waals surface area contributed by atoms with Crippen LogP contribution < -0.4 is 5.32 Å². The number of hydrogen-bond donors (Lipinski definition) is 1. The number of amides is 1. The molecular weight excluding hydrogens is 371 g/mol. The van der Waals surface area contributed by atoms with Crippen LogP contribution >= 0.6 is 42.4 Å². The molecule has 0 spiro atoms. The van der Waals surface area contributed by atoms with Crippen LogP contribution in [-0.2, 0) is 18.4 Å². The van der Waals surface area contributed by atoms with Gasteiger partial charge in [0.1, 0.15) is 0 Å². The van der Waals surface area contributed by atoms with Crippen LogP contribution in [0.1, 0.15) is 5.56 Å². The summed E-state index contributed by atoms with van der Waals surface area (Å²) in [6.45, 7) is 0. The molecule has 0 bridgehead atoms. The average Bonchev–Trinajstić information content (AvgIpc) is 2.50. The van der Waals surface area contributed by atoms with Crippen molar-refractivity contribution >= 4 is 54.4 Å². The number of nitrogens with one attached hydrogen (secondary N) is 1. The first kappa shape index (κ1) is 19.5. The third-order valence-corrected chi connectivity index (χ3v) is 5.92. The molecule has 0 aromatic heterocycles. The van der Waals surface area contributed by atoms with Crippen molar-refractivity contribution in [3.05, 3.63) is 42.0 Å². The maximum absolute atomic E-state index is 12.4. The Labute approximate surface area is 144 Å². The number of benzene rings is 1. The molecule has 22 heavy (non-hydrogen) atoms. The molecule has 0 aliphatic heterocycles. The Bertz CT molecular complexity index is 566. The smallest absolute Gasteiger partial charge is 0.335 e. The van der Waals surface area contributed by atoms with Crippen LogP contribution in [0.3, 0.4) is 0 Å². The lowest BCUT2D eigenvalue weighted by molar-refractivity contribution is -0.116. The summed E-state index contributed by atoms with van der Waals surface area (Å²) < 4.78 is 19.9. The van der Waals surface area contributed by atoms with Crippen molar-refractivity contribution < 1.29 is 18.4 Å². The number of carbonyl (C=O) groups excluding carboxylic acids is 1. The predicted molar refractivity (Wildman–Crippen MR) is 89.3 cm³/mol. The molecule has 0 heterocycles. The zero-order valence-electron chi connectivity index (χ0n) is 11.8. The molecule has 1 atom stereocenters. The third-order valence-electron chi connectivity index (χ3n) is 2.64. The summed E-state index contributed by atoms with van der Waals surface area (Å²) in [5.41, 5.74) is 0.810. The van der Waals surface area contributed by atoms with Crippen molar-refractivity contribution in [3.8, 4) is 0 Å². The van der Waals surface area contributed by atoms with Crippen LogP contribution in [0.15, 0.2) is 36.4 Å². The van der Waals surface area contributed by atoms with Crippen molar-refractivity contribution in [1.29, 1.82) is 0 Å². The quantitative estimate of drug-likeness (QED) is 0.456. The van der Waals surface area contributed by atoms with Gasteiger partial charge in [0.25, 0.3) is 0 Å². The highest BCUT2D eigenvalue weighted by molar-refractivity contribution is 7.55. The number of alkyl halides is 3. The molecule has 0 aliphatic rings. The van der Waals surface area contributed by atoms with E-state index in [1.807, 2.05) is 30.3 Å². The normalized spacial score (nSPS) is 14.0. The first-order valence-corrected chi connectivity index (χ1v) is 8.79. The molecule has 5 nitrogen and oxygen atoms in total. The van der Waals surface area contributed by atoms with E-state index in [0.717, 1.165) is 19.8 Å². The number of hydrogen-bond acceptors (Lipinski definition) is 4. The minimum atomic E-state index is -3.82. The predicted octanol–water partition coefficient (Wildman–Crippen LogP) is 4.00. The second kappa shape index (κ2) is 8.34.